The maximum Gasteiger partial charge on any atom is 0.257 e. The van der Waals surface area contributed by atoms with Gasteiger partial charge in [-0.1, -0.05) is 6.07 Å². The minimum atomic E-state index is -0.566. The molecule has 3 heterocycles. The lowest BCUT2D eigenvalue weighted by molar-refractivity contribution is 0.102. The number of aromatic nitrogens is 4. The number of nitrogens with zero attached hydrogens (tertiary/aromatic N) is 4. The zero-order chi connectivity index (χ0) is 21.6. The van der Waals surface area contributed by atoms with Crippen LogP contribution in [0.4, 0.5) is 33.2 Å². The van der Waals surface area contributed by atoms with Gasteiger partial charge in [0.1, 0.15) is 29.1 Å². The van der Waals surface area contributed by atoms with E-state index >= 15 is 0 Å². The quantitative estimate of drug-likeness (QED) is 0.427. The zero-order valence-corrected chi connectivity index (χ0v) is 16.5. The monoisotopic (exact) mass is 415 g/mol. The molecular formula is C22H18FN7O. The molecule has 1 amide bonds. The summed E-state index contributed by atoms with van der Waals surface area (Å²) < 4.78 is 13.2. The van der Waals surface area contributed by atoms with Crippen LogP contribution in [0.1, 0.15) is 16.2 Å². The second-order valence-electron chi connectivity index (χ2n) is 6.57. The first kappa shape index (κ1) is 19.9. The van der Waals surface area contributed by atoms with Crippen LogP contribution >= 0.6 is 0 Å². The highest BCUT2D eigenvalue weighted by Gasteiger charge is 2.08. The van der Waals surface area contributed by atoms with Crippen molar-refractivity contribution < 1.29 is 9.18 Å². The molecule has 3 N–H and O–H groups in total. The number of hydrogen-bond acceptors (Lipinski definition) is 7. The van der Waals surface area contributed by atoms with Gasteiger partial charge in [-0.15, -0.1) is 0 Å². The molecule has 3 aromatic heterocycles. The Labute approximate surface area is 177 Å². The van der Waals surface area contributed by atoms with Crippen molar-refractivity contribution in [2.45, 2.75) is 6.92 Å². The van der Waals surface area contributed by atoms with Gasteiger partial charge in [-0.2, -0.15) is 0 Å². The predicted octanol–water partition coefficient (Wildman–Crippen LogP) is 4.45. The summed E-state index contributed by atoms with van der Waals surface area (Å²) in [6, 6.07) is 15.5. The Bertz CT molecular complexity index is 1200. The van der Waals surface area contributed by atoms with Crippen molar-refractivity contribution in [3.05, 3.63) is 90.4 Å². The molecule has 4 aromatic rings. The number of aryl methyl sites for hydroxylation is 1. The first-order chi connectivity index (χ1) is 15.0. The first-order valence-electron chi connectivity index (χ1n) is 9.38. The summed E-state index contributed by atoms with van der Waals surface area (Å²) in [5.41, 5.74) is 1.48. The van der Waals surface area contributed by atoms with E-state index < -0.39 is 11.7 Å². The Morgan fingerprint density at radius 2 is 1.61 bits per heavy atom. The molecule has 0 aliphatic rings. The smallest absolute Gasteiger partial charge is 0.257 e. The fraction of sp³-hybridized carbons (Fsp3) is 0.0455. The summed E-state index contributed by atoms with van der Waals surface area (Å²) in [7, 11) is 0. The molecule has 9 heteroatoms. The van der Waals surface area contributed by atoms with Crippen LogP contribution < -0.4 is 16.0 Å². The molecular weight excluding hydrogens is 397 g/mol. The number of rotatable bonds is 6. The summed E-state index contributed by atoms with van der Waals surface area (Å²) in [6.07, 6.45) is 4.05. The molecule has 0 unspecified atom stereocenters. The molecule has 0 atom stereocenters. The minimum Gasteiger partial charge on any atom is -0.340 e. The highest BCUT2D eigenvalue weighted by atomic mass is 19.1. The molecule has 0 aliphatic carbocycles. The summed E-state index contributed by atoms with van der Waals surface area (Å²) >= 11 is 0. The fourth-order valence-corrected chi connectivity index (χ4v) is 2.79. The van der Waals surface area contributed by atoms with E-state index in [1.165, 1.54) is 6.20 Å². The standard InChI is InChI=1S/C22H18FN7O/c1-14-26-20(11-21(27-14)30-19-4-2-3-9-25-19)28-17-5-7-18(8-6-17)29-22(31)15-10-16(23)13-24-12-15/h2-13H,1H3,(H,29,31)(H2,25,26,27,28,30). The number of pyridine rings is 2. The van der Waals surface area contributed by atoms with Gasteiger partial charge in [0.15, 0.2) is 0 Å². The second-order valence-corrected chi connectivity index (χ2v) is 6.57. The number of carbonyl (C=O) groups excluding carboxylic acids is 1. The second kappa shape index (κ2) is 8.95. The Balaban J connectivity index is 1.43. The van der Waals surface area contributed by atoms with E-state index in [1.54, 1.807) is 43.5 Å². The Morgan fingerprint density at radius 3 is 2.32 bits per heavy atom. The summed E-state index contributed by atoms with van der Waals surface area (Å²) in [4.78, 5) is 28.9. The third kappa shape index (κ3) is 5.36. The van der Waals surface area contributed by atoms with Gasteiger partial charge in [-0.3, -0.25) is 9.78 Å². The van der Waals surface area contributed by atoms with E-state index in [1.807, 2.05) is 18.2 Å². The van der Waals surface area contributed by atoms with E-state index in [-0.39, 0.29) is 5.56 Å². The van der Waals surface area contributed by atoms with Crippen LogP contribution in [0, 0.1) is 12.7 Å². The van der Waals surface area contributed by atoms with Gasteiger partial charge in [-0.25, -0.2) is 19.3 Å². The molecule has 4 rings (SSSR count). The number of nitrogens with one attached hydrogen (secondary N) is 3. The summed E-state index contributed by atoms with van der Waals surface area (Å²) in [5, 5.41) is 9.05. The number of hydrogen-bond donors (Lipinski definition) is 3. The lowest BCUT2D eigenvalue weighted by Crippen LogP contribution is -2.12. The lowest BCUT2D eigenvalue weighted by Gasteiger charge is -2.11. The first-order valence-corrected chi connectivity index (χ1v) is 9.38. The maximum absolute atomic E-state index is 13.2. The highest BCUT2D eigenvalue weighted by molar-refractivity contribution is 6.04. The molecule has 1 aromatic carbocycles. The SMILES string of the molecule is Cc1nc(Nc2ccc(NC(=O)c3cncc(F)c3)cc2)cc(Nc2ccccn2)n1. The van der Waals surface area contributed by atoms with Gasteiger partial charge < -0.3 is 16.0 Å². The predicted molar refractivity (Wildman–Crippen MR) is 116 cm³/mol. The van der Waals surface area contributed by atoms with Crippen LogP contribution in [-0.4, -0.2) is 25.8 Å². The minimum absolute atomic E-state index is 0.145. The lowest BCUT2D eigenvalue weighted by atomic mass is 10.2. The van der Waals surface area contributed by atoms with Crippen molar-refractivity contribution in [2.24, 2.45) is 0 Å². The summed E-state index contributed by atoms with van der Waals surface area (Å²) in [5.74, 6) is 1.49. The van der Waals surface area contributed by atoms with Crippen LogP contribution in [-0.2, 0) is 0 Å². The molecule has 0 radical (unpaired) electrons. The number of anilines is 5. The van der Waals surface area contributed by atoms with Crippen molar-refractivity contribution in [3.8, 4) is 0 Å². The Kier molecular flexibility index (Phi) is 5.75. The van der Waals surface area contributed by atoms with Crippen LogP contribution in [0.25, 0.3) is 0 Å². The molecule has 0 saturated carbocycles. The van der Waals surface area contributed by atoms with Crippen molar-refractivity contribution in [3.63, 3.8) is 0 Å². The van der Waals surface area contributed by atoms with Crippen LogP contribution in [0.2, 0.25) is 0 Å². The van der Waals surface area contributed by atoms with Gasteiger partial charge in [0.05, 0.1) is 11.8 Å². The van der Waals surface area contributed by atoms with E-state index in [4.69, 9.17) is 0 Å². The molecule has 0 aliphatic heterocycles. The molecule has 0 fully saturated rings. The average molecular weight is 415 g/mol. The number of halogens is 1. The molecule has 0 bridgehead atoms. The van der Waals surface area contributed by atoms with Gasteiger partial charge in [-0.05, 0) is 49.4 Å². The third-order valence-corrected chi connectivity index (χ3v) is 4.14. The number of carbonyl (C=O) groups is 1. The van der Waals surface area contributed by atoms with Crippen LogP contribution in [0.15, 0.2) is 73.2 Å². The third-order valence-electron chi connectivity index (χ3n) is 4.14. The highest BCUT2D eigenvalue weighted by Crippen LogP contribution is 2.21. The van der Waals surface area contributed by atoms with Crippen molar-refractivity contribution in [2.75, 3.05) is 16.0 Å². The van der Waals surface area contributed by atoms with Gasteiger partial charge >= 0.3 is 0 Å². The Morgan fingerprint density at radius 1 is 0.871 bits per heavy atom. The molecule has 0 saturated heterocycles. The van der Waals surface area contributed by atoms with E-state index in [9.17, 15) is 9.18 Å². The normalized spacial score (nSPS) is 10.4. The van der Waals surface area contributed by atoms with E-state index in [0.29, 0.717) is 29.0 Å². The molecule has 31 heavy (non-hydrogen) atoms. The van der Waals surface area contributed by atoms with Gasteiger partial charge in [0.25, 0.3) is 5.91 Å². The van der Waals surface area contributed by atoms with E-state index in [2.05, 4.69) is 35.9 Å². The molecule has 8 nitrogen and oxygen atoms in total. The zero-order valence-electron chi connectivity index (χ0n) is 16.5. The van der Waals surface area contributed by atoms with Crippen molar-refractivity contribution in [1.82, 2.24) is 19.9 Å². The largest absolute Gasteiger partial charge is 0.340 e. The van der Waals surface area contributed by atoms with Crippen LogP contribution in [0.5, 0.6) is 0 Å². The van der Waals surface area contributed by atoms with Crippen molar-refractivity contribution in [1.29, 1.82) is 0 Å². The maximum atomic E-state index is 13.2. The number of amides is 1. The summed E-state index contributed by atoms with van der Waals surface area (Å²) in [6.45, 7) is 1.80. The van der Waals surface area contributed by atoms with Crippen molar-refractivity contribution >= 4 is 34.7 Å². The average Bonchev–Trinajstić information content (AvgIpc) is 2.75. The fourth-order valence-electron chi connectivity index (χ4n) is 2.79. The number of benzene rings is 1. The van der Waals surface area contributed by atoms with Gasteiger partial charge in [0, 0.05) is 29.8 Å². The van der Waals surface area contributed by atoms with Crippen LogP contribution in [0.3, 0.4) is 0 Å². The molecule has 154 valence electrons. The Hall–Kier alpha value is -4.40. The topological polar surface area (TPSA) is 105 Å². The van der Waals surface area contributed by atoms with Gasteiger partial charge in [0.2, 0.25) is 0 Å². The molecule has 0 spiro atoms. The van der Waals surface area contributed by atoms with E-state index in [0.717, 1.165) is 18.0 Å².